The smallest absolute Gasteiger partial charge is 0.294 e. The van der Waals surface area contributed by atoms with Crippen LogP contribution in [0.5, 0.6) is 0 Å². The zero-order valence-electron chi connectivity index (χ0n) is 5.37. The van der Waals surface area contributed by atoms with Crippen LogP contribution in [-0.2, 0) is 9.53 Å². The van der Waals surface area contributed by atoms with E-state index in [1.807, 2.05) is 6.92 Å². The van der Waals surface area contributed by atoms with Crippen molar-refractivity contribution in [2.75, 3.05) is 12.3 Å². The molecule has 0 saturated heterocycles. The molecule has 0 spiro atoms. The summed E-state index contributed by atoms with van der Waals surface area (Å²) >= 11 is 1.52. The first-order valence-corrected chi connectivity index (χ1v) is 3.77. The van der Waals surface area contributed by atoms with Gasteiger partial charge >= 0.3 is 0 Å². The predicted molar refractivity (Wildman–Crippen MR) is 38.1 cm³/mol. The first-order valence-electron chi connectivity index (χ1n) is 2.72. The van der Waals surface area contributed by atoms with Gasteiger partial charge in [0.2, 0.25) is 0 Å². The summed E-state index contributed by atoms with van der Waals surface area (Å²) < 4.78 is 4.57. The number of carbonyl (C=O) groups is 1. The molecule has 0 radical (unpaired) electrons. The van der Waals surface area contributed by atoms with Crippen molar-refractivity contribution in [3.05, 3.63) is 0 Å². The van der Waals surface area contributed by atoms with Crippen LogP contribution in [0.25, 0.3) is 0 Å². The number of thioether (sulfide) groups is 1. The number of rotatable bonds is 5. The van der Waals surface area contributed by atoms with Crippen molar-refractivity contribution < 1.29 is 9.53 Å². The largest absolute Gasteiger partial charge is 0.454 e. The van der Waals surface area contributed by atoms with Gasteiger partial charge in [0.05, 0.1) is 0 Å². The fourth-order valence-electron chi connectivity index (χ4n) is 0.352. The van der Waals surface area contributed by atoms with E-state index < -0.39 is 0 Å². The van der Waals surface area contributed by atoms with Crippen molar-refractivity contribution in [3.8, 4) is 0 Å². The van der Waals surface area contributed by atoms with E-state index in [0.717, 1.165) is 5.75 Å². The van der Waals surface area contributed by atoms with E-state index >= 15 is 0 Å². The molecule has 1 atom stereocenters. The van der Waals surface area contributed by atoms with Gasteiger partial charge in [0.15, 0.2) is 0 Å². The summed E-state index contributed by atoms with van der Waals surface area (Å²) in [6.45, 7) is 2.89. The Labute approximate surface area is 58.9 Å². The molecule has 0 fully saturated rings. The average Bonchev–Trinajstić information content (AvgIpc) is 1.85. The highest BCUT2D eigenvalue weighted by Gasteiger charge is 1.98. The minimum atomic E-state index is -0.0638. The van der Waals surface area contributed by atoms with Crippen molar-refractivity contribution in [2.24, 2.45) is 5.73 Å². The molecule has 0 heterocycles. The fraction of sp³-hybridized carbons (Fsp3) is 0.800. The molecule has 0 aromatic carbocycles. The summed E-state index contributed by atoms with van der Waals surface area (Å²) in [5.74, 6) is 0.828. The molecule has 0 aliphatic heterocycles. The topological polar surface area (TPSA) is 52.3 Å². The maximum atomic E-state index is 9.71. The normalized spacial score (nSPS) is 12.7. The van der Waals surface area contributed by atoms with Crippen molar-refractivity contribution in [2.45, 2.75) is 12.4 Å². The molecule has 0 aromatic heterocycles. The van der Waals surface area contributed by atoms with Crippen LogP contribution in [0.4, 0.5) is 0 Å². The van der Waals surface area contributed by atoms with Gasteiger partial charge in [0.1, 0.15) is 5.44 Å². The maximum Gasteiger partial charge on any atom is 0.294 e. The molecule has 0 saturated carbocycles. The Morgan fingerprint density at radius 2 is 2.56 bits per heavy atom. The van der Waals surface area contributed by atoms with Gasteiger partial charge in [-0.2, -0.15) is 0 Å². The highest BCUT2D eigenvalue weighted by atomic mass is 32.2. The van der Waals surface area contributed by atoms with E-state index in [0.29, 0.717) is 13.0 Å². The maximum absolute atomic E-state index is 9.71. The van der Waals surface area contributed by atoms with E-state index in [9.17, 15) is 4.79 Å². The molecule has 4 heteroatoms. The molecule has 0 bridgehead atoms. The zero-order valence-corrected chi connectivity index (χ0v) is 6.19. The van der Waals surface area contributed by atoms with Crippen LogP contribution in [-0.4, -0.2) is 24.2 Å². The van der Waals surface area contributed by atoms with Crippen LogP contribution >= 0.6 is 11.8 Å². The third-order valence-corrected chi connectivity index (χ3v) is 1.77. The minimum absolute atomic E-state index is 0.0638. The first kappa shape index (κ1) is 8.78. The Bertz CT molecular complexity index is 79.4. The molecular weight excluding hydrogens is 138 g/mol. The van der Waals surface area contributed by atoms with Gasteiger partial charge in [-0.1, -0.05) is 0 Å². The lowest BCUT2D eigenvalue weighted by Crippen LogP contribution is -2.08. The van der Waals surface area contributed by atoms with Crippen molar-refractivity contribution in [3.63, 3.8) is 0 Å². The molecule has 0 aliphatic rings. The second kappa shape index (κ2) is 5.91. The standard InChI is InChI=1S/C5H11NO2S/c1-5(8-4-7)9-3-2-6/h4-5H,2-3,6H2,1H3. The molecule has 54 valence electrons. The molecule has 0 amide bonds. The summed E-state index contributed by atoms with van der Waals surface area (Å²) in [5.41, 5.74) is 5.14. The molecule has 0 rings (SSSR count). The Morgan fingerprint density at radius 3 is 3.00 bits per heavy atom. The lowest BCUT2D eigenvalue weighted by Gasteiger charge is -2.06. The summed E-state index contributed by atoms with van der Waals surface area (Å²) in [6, 6.07) is 0. The Balaban J connectivity index is 3.04. The second-order valence-corrected chi connectivity index (χ2v) is 2.86. The zero-order chi connectivity index (χ0) is 7.11. The first-order chi connectivity index (χ1) is 4.31. The molecule has 0 aliphatic carbocycles. The Kier molecular flexibility index (Phi) is 5.76. The van der Waals surface area contributed by atoms with Gasteiger partial charge < -0.3 is 10.5 Å². The predicted octanol–water partition coefficient (Wildman–Crippen LogP) is 0.197. The van der Waals surface area contributed by atoms with Crippen LogP contribution in [0, 0.1) is 0 Å². The lowest BCUT2D eigenvalue weighted by atomic mass is 10.8. The second-order valence-electron chi connectivity index (χ2n) is 1.46. The van der Waals surface area contributed by atoms with Gasteiger partial charge in [0, 0.05) is 12.3 Å². The summed E-state index contributed by atoms with van der Waals surface area (Å²) in [7, 11) is 0. The molecule has 9 heavy (non-hydrogen) atoms. The molecule has 3 nitrogen and oxygen atoms in total. The number of nitrogens with two attached hydrogens (primary N) is 1. The van der Waals surface area contributed by atoms with Gasteiger partial charge in [-0.15, -0.1) is 11.8 Å². The molecular formula is C5H11NO2S. The summed E-state index contributed by atoms with van der Waals surface area (Å²) in [5, 5.41) is 0. The third-order valence-electron chi connectivity index (χ3n) is 0.718. The molecule has 0 aromatic rings. The van der Waals surface area contributed by atoms with E-state index in [1.54, 1.807) is 0 Å². The number of hydrogen-bond acceptors (Lipinski definition) is 4. The number of ether oxygens (including phenoxy) is 1. The Hall–Kier alpha value is -0.220. The van der Waals surface area contributed by atoms with Crippen molar-refractivity contribution in [1.29, 1.82) is 0 Å². The van der Waals surface area contributed by atoms with E-state index in [4.69, 9.17) is 5.73 Å². The number of carbonyl (C=O) groups excluding carboxylic acids is 1. The average molecular weight is 149 g/mol. The van der Waals surface area contributed by atoms with Crippen LogP contribution in [0.3, 0.4) is 0 Å². The highest BCUT2D eigenvalue weighted by molar-refractivity contribution is 7.99. The number of hydrogen-bond donors (Lipinski definition) is 1. The minimum Gasteiger partial charge on any atom is -0.454 e. The van der Waals surface area contributed by atoms with Crippen molar-refractivity contribution >= 4 is 18.2 Å². The third kappa shape index (κ3) is 5.65. The van der Waals surface area contributed by atoms with E-state index in [-0.39, 0.29) is 5.44 Å². The summed E-state index contributed by atoms with van der Waals surface area (Å²) in [6.07, 6.45) is 0. The molecule has 1 unspecified atom stereocenters. The van der Waals surface area contributed by atoms with E-state index in [2.05, 4.69) is 4.74 Å². The van der Waals surface area contributed by atoms with Gasteiger partial charge in [-0.25, -0.2) is 0 Å². The monoisotopic (exact) mass is 149 g/mol. The highest BCUT2D eigenvalue weighted by Crippen LogP contribution is 2.08. The molecule has 2 N–H and O–H groups in total. The van der Waals surface area contributed by atoms with Gasteiger partial charge in [0.25, 0.3) is 6.47 Å². The van der Waals surface area contributed by atoms with Crippen LogP contribution < -0.4 is 5.73 Å². The lowest BCUT2D eigenvalue weighted by molar-refractivity contribution is -0.129. The van der Waals surface area contributed by atoms with Gasteiger partial charge in [-0.05, 0) is 6.92 Å². The van der Waals surface area contributed by atoms with Crippen LogP contribution in [0.2, 0.25) is 0 Å². The fourth-order valence-corrected chi connectivity index (χ4v) is 0.943. The van der Waals surface area contributed by atoms with E-state index in [1.165, 1.54) is 11.8 Å². The van der Waals surface area contributed by atoms with Crippen LogP contribution in [0.15, 0.2) is 0 Å². The summed E-state index contributed by atoms with van der Waals surface area (Å²) in [4.78, 5) is 9.71. The van der Waals surface area contributed by atoms with Crippen LogP contribution in [0.1, 0.15) is 6.92 Å². The van der Waals surface area contributed by atoms with Crippen molar-refractivity contribution in [1.82, 2.24) is 0 Å². The van der Waals surface area contributed by atoms with Gasteiger partial charge in [-0.3, -0.25) is 4.79 Å². The SMILES string of the molecule is CC(OC=O)SCCN. The quantitative estimate of drug-likeness (QED) is 0.448. The Morgan fingerprint density at radius 1 is 1.89 bits per heavy atom.